The lowest BCUT2D eigenvalue weighted by Gasteiger charge is -2.09. The van der Waals surface area contributed by atoms with Crippen molar-refractivity contribution < 1.29 is 9.59 Å². The minimum Gasteiger partial charge on any atom is -0.326 e. The monoisotopic (exact) mass is 334 g/mol. The number of nitrogens with one attached hydrogen (secondary N) is 2. The van der Waals surface area contributed by atoms with E-state index in [4.69, 9.17) is 0 Å². The van der Waals surface area contributed by atoms with Crippen LogP contribution in [0.2, 0.25) is 0 Å². The molecule has 3 aromatic rings. The van der Waals surface area contributed by atoms with Crippen molar-refractivity contribution in [2.24, 2.45) is 5.92 Å². The lowest BCUT2D eigenvalue weighted by molar-refractivity contribution is -0.118. The SMILES string of the molecule is CC(C)C(=O)Nc1ccc(NC(=O)c2cnc3ccccc3n2)cc1. The van der Waals surface area contributed by atoms with Gasteiger partial charge >= 0.3 is 0 Å². The average Bonchev–Trinajstić information content (AvgIpc) is 2.62. The van der Waals surface area contributed by atoms with E-state index in [1.165, 1.54) is 6.20 Å². The van der Waals surface area contributed by atoms with Crippen molar-refractivity contribution in [3.05, 3.63) is 60.4 Å². The fourth-order valence-electron chi connectivity index (χ4n) is 2.19. The topological polar surface area (TPSA) is 84.0 Å². The quantitative estimate of drug-likeness (QED) is 0.765. The highest BCUT2D eigenvalue weighted by atomic mass is 16.2. The molecule has 0 aliphatic carbocycles. The summed E-state index contributed by atoms with van der Waals surface area (Å²) in [5.41, 5.74) is 2.95. The summed E-state index contributed by atoms with van der Waals surface area (Å²) in [4.78, 5) is 32.5. The van der Waals surface area contributed by atoms with Gasteiger partial charge in [-0.1, -0.05) is 26.0 Å². The maximum absolute atomic E-state index is 12.3. The first-order chi connectivity index (χ1) is 12.0. The summed E-state index contributed by atoms with van der Waals surface area (Å²) in [6.45, 7) is 3.66. The van der Waals surface area contributed by atoms with Crippen LogP contribution in [0.4, 0.5) is 11.4 Å². The van der Waals surface area contributed by atoms with Gasteiger partial charge in [-0.15, -0.1) is 0 Å². The van der Waals surface area contributed by atoms with Gasteiger partial charge in [0.1, 0.15) is 5.69 Å². The minimum atomic E-state index is -0.336. The predicted octanol–water partition coefficient (Wildman–Crippen LogP) is 3.48. The van der Waals surface area contributed by atoms with Gasteiger partial charge in [-0.05, 0) is 36.4 Å². The van der Waals surface area contributed by atoms with Crippen LogP contribution in [0.15, 0.2) is 54.7 Å². The number of para-hydroxylation sites is 2. The van der Waals surface area contributed by atoms with E-state index < -0.39 is 0 Å². The third-order valence-corrected chi connectivity index (χ3v) is 3.62. The largest absolute Gasteiger partial charge is 0.326 e. The molecule has 0 fully saturated rings. The van der Waals surface area contributed by atoms with Gasteiger partial charge in [0.25, 0.3) is 5.91 Å². The van der Waals surface area contributed by atoms with Crippen LogP contribution < -0.4 is 10.6 Å². The minimum absolute atomic E-state index is 0.0526. The van der Waals surface area contributed by atoms with Crippen molar-refractivity contribution in [3.63, 3.8) is 0 Å². The Bertz CT molecular complexity index is 920. The van der Waals surface area contributed by atoms with Crippen molar-refractivity contribution >= 4 is 34.2 Å². The Labute approximate surface area is 145 Å². The van der Waals surface area contributed by atoms with Crippen molar-refractivity contribution in [1.29, 1.82) is 0 Å². The number of nitrogens with zero attached hydrogens (tertiary/aromatic N) is 2. The normalized spacial score (nSPS) is 10.7. The van der Waals surface area contributed by atoms with Gasteiger partial charge in [-0.3, -0.25) is 14.6 Å². The van der Waals surface area contributed by atoms with Crippen LogP contribution in [0.3, 0.4) is 0 Å². The Morgan fingerprint density at radius 1 is 0.880 bits per heavy atom. The van der Waals surface area contributed by atoms with Crippen LogP contribution in [0.1, 0.15) is 24.3 Å². The number of aromatic nitrogens is 2. The smallest absolute Gasteiger partial charge is 0.275 e. The number of fused-ring (bicyclic) bond motifs is 1. The molecular formula is C19H18N4O2. The molecule has 0 saturated heterocycles. The summed E-state index contributed by atoms with van der Waals surface area (Å²) in [7, 11) is 0. The first-order valence-electron chi connectivity index (χ1n) is 7.97. The number of benzene rings is 2. The molecule has 0 unspecified atom stereocenters. The molecule has 2 N–H and O–H groups in total. The fourth-order valence-corrected chi connectivity index (χ4v) is 2.19. The Morgan fingerprint density at radius 2 is 1.48 bits per heavy atom. The number of hydrogen-bond acceptors (Lipinski definition) is 4. The summed E-state index contributed by atoms with van der Waals surface area (Å²) in [6, 6.07) is 14.3. The predicted molar refractivity (Wildman–Crippen MR) is 97.4 cm³/mol. The van der Waals surface area contributed by atoms with Gasteiger partial charge < -0.3 is 10.6 Å². The number of amides is 2. The van der Waals surface area contributed by atoms with Gasteiger partial charge in [0.15, 0.2) is 0 Å². The van der Waals surface area contributed by atoms with Crippen LogP contribution in [-0.4, -0.2) is 21.8 Å². The number of anilines is 2. The van der Waals surface area contributed by atoms with E-state index in [-0.39, 0.29) is 23.4 Å². The molecule has 0 bridgehead atoms. The van der Waals surface area contributed by atoms with Crippen LogP contribution in [0.5, 0.6) is 0 Å². The van der Waals surface area contributed by atoms with E-state index in [0.717, 1.165) is 5.52 Å². The maximum atomic E-state index is 12.3. The molecule has 2 amide bonds. The second-order valence-corrected chi connectivity index (χ2v) is 5.92. The fraction of sp³-hybridized carbons (Fsp3) is 0.158. The first kappa shape index (κ1) is 16.6. The Kier molecular flexibility index (Phi) is 4.70. The van der Waals surface area contributed by atoms with Crippen LogP contribution in [0.25, 0.3) is 11.0 Å². The third-order valence-electron chi connectivity index (χ3n) is 3.62. The molecule has 0 aliphatic rings. The molecule has 0 atom stereocenters. The highest BCUT2D eigenvalue weighted by molar-refractivity contribution is 6.03. The van der Waals surface area contributed by atoms with Crippen molar-refractivity contribution in [1.82, 2.24) is 9.97 Å². The summed E-state index contributed by atoms with van der Waals surface area (Å²) in [5.74, 6) is -0.480. The van der Waals surface area contributed by atoms with Crippen molar-refractivity contribution in [2.75, 3.05) is 10.6 Å². The van der Waals surface area contributed by atoms with E-state index in [1.54, 1.807) is 24.3 Å². The zero-order chi connectivity index (χ0) is 17.8. The van der Waals surface area contributed by atoms with E-state index in [0.29, 0.717) is 16.9 Å². The maximum Gasteiger partial charge on any atom is 0.275 e. The standard InChI is InChI=1S/C19H18N4O2/c1-12(2)18(24)21-13-7-9-14(10-8-13)22-19(25)17-11-20-15-5-3-4-6-16(15)23-17/h3-12H,1-2H3,(H,21,24)(H,22,25). The van der Waals surface area contributed by atoms with Gasteiger partial charge in [0, 0.05) is 17.3 Å². The molecule has 25 heavy (non-hydrogen) atoms. The molecule has 126 valence electrons. The van der Waals surface area contributed by atoms with Crippen molar-refractivity contribution in [2.45, 2.75) is 13.8 Å². The second-order valence-electron chi connectivity index (χ2n) is 5.92. The van der Waals surface area contributed by atoms with E-state index in [1.807, 2.05) is 38.1 Å². The van der Waals surface area contributed by atoms with Gasteiger partial charge in [-0.25, -0.2) is 4.98 Å². The lowest BCUT2D eigenvalue weighted by atomic mass is 10.2. The summed E-state index contributed by atoms with van der Waals surface area (Å²) in [6.07, 6.45) is 1.45. The Balaban J connectivity index is 1.70. The van der Waals surface area contributed by atoms with E-state index in [2.05, 4.69) is 20.6 Å². The van der Waals surface area contributed by atoms with E-state index in [9.17, 15) is 9.59 Å². The number of carbonyl (C=O) groups excluding carboxylic acids is 2. The number of carbonyl (C=O) groups is 2. The number of hydrogen-bond donors (Lipinski definition) is 2. The molecule has 0 spiro atoms. The Hall–Kier alpha value is -3.28. The molecule has 6 heteroatoms. The highest BCUT2D eigenvalue weighted by Gasteiger charge is 2.10. The summed E-state index contributed by atoms with van der Waals surface area (Å²) >= 11 is 0. The van der Waals surface area contributed by atoms with Crippen LogP contribution in [0, 0.1) is 5.92 Å². The molecule has 2 aromatic carbocycles. The van der Waals surface area contributed by atoms with E-state index >= 15 is 0 Å². The zero-order valence-electron chi connectivity index (χ0n) is 14.0. The third kappa shape index (κ3) is 3.98. The summed E-state index contributed by atoms with van der Waals surface area (Å²) < 4.78 is 0. The van der Waals surface area contributed by atoms with Gasteiger partial charge in [-0.2, -0.15) is 0 Å². The first-order valence-corrected chi connectivity index (χ1v) is 7.97. The average molecular weight is 334 g/mol. The van der Waals surface area contributed by atoms with Gasteiger partial charge in [0.05, 0.1) is 17.2 Å². The van der Waals surface area contributed by atoms with Crippen molar-refractivity contribution in [3.8, 4) is 0 Å². The lowest BCUT2D eigenvalue weighted by Crippen LogP contribution is -2.18. The molecule has 0 saturated carbocycles. The number of rotatable bonds is 4. The molecular weight excluding hydrogens is 316 g/mol. The molecule has 1 aromatic heterocycles. The van der Waals surface area contributed by atoms with Crippen LogP contribution in [-0.2, 0) is 4.79 Å². The van der Waals surface area contributed by atoms with Crippen LogP contribution >= 0.6 is 0 Å². The molecule has 6 nitrogen and oxygen atoms in total. The molecule has 0 radical (unpaired) electrons. The Morgan fingerprint density at radius 3 is 2.12 bits per heavy atom. The zero-order valence-corrected chi connectivity index (χ0v) is 14.0. The highest BCUT2D eigenvalue weighted by Crippen LogP contribution is 2.16. The molecule has 0 aliphatic heterocycles. The summed E-state index contributed by atoms with van der Waals surface area (Å²) in [5, 5.41) is 5.57. The molecule has 1 heterocycles. The van der Waals surface area contributed by atoms with Gasteiger partial charge in [0.2, 0.25) is 5.91 Å². The molecule has 3 rings (SSSR count). The second kappa shape index (κ2) is 7.09.